The summed E-state index contributed by atoms with van der Waals surface area (Å²) in [6.07, 6.45) is 10.7. The monoisotopic (exact) mass is 946 g/mol. The van der Waals surface area contributed by atoms with Gasteiger partial charge in [-0.15, -0.1) is 0 Å². The fourth-order valence-electron chi connectivity index (χ4n) is 9.60. The van der Waals surface area contributed by atoms with Gasteiger partial charge in [0.15, 0.2) is 0 Å². The number of hydrogen-bond acceptors (Lipinski definition) is 2. The molecule has 2 nitrogen and oxygen atoms in total. The van der Waals surface area contributed by atoms with E-state index in [2.05, 4.69) is 320 Å². The summed E-state index contributed by atoms with van der Waals surface area (Å²) in [5.41, 5.74) is 21.7. The molecule has 11 rings (SSSR count). The molecule has 352 valence electrons. The quantitative estimate of drug-likeness (QED) is 0.103. The molecule has 0 atom stereocenters. The zero-order chi connectivity index (χ0) is 49.7. The minimum atomic E-state index is 1.03. The number of benzene rings is 11. The molecule has 0 unspecified atom stereocenters. The maximum Gasteiger partial charge on any atom is 0.0462 e. The second-order valence-corrected chi connectivity index (χ2v) is 18.2. The van der Waals surface area contributed by atoms with E-state index in [1.165, 1.54) is 38.9 Å². The summed E-state index contributed by atoms with van der Waals surface area (Å²) in [6.45, 7) is 0. The van der Waals surface area contributed by atoms with Crippen LogP contribution in [0.4, 0.5) is 22.7 Å². The Bertz CT molecular complexity index is 3500. The lowest BCUT2D eigenvalue weighted by atomic mass is 9.85. The molecule has 0 aromatic heterocycles. The molecular weight excluding hydrogens is 893 g/mol. The molecule has 0 amide bonds. The molecule has 0 aliphatic rings. The summed E-state index contributed by atoms with van der Waals surface area (Å²) in [4.78, 5) is 2.35. The molecule has 0 spiro atoms. The number of nitrogens with one attached hydrogen (secondary N) is 1. The molecular formula is C72H54N2. The van der Waals surface area contributed by atoms with Crippen LogP contribution in [0, 0.1) is 0 Å². The third-order valence-corrected chi connectivity index (χ3v) is 13.4. The highest BCUT2D eigenvalue weighted by Gasteiger charge is 2.19. The van der Waals surface area contributed by atoms with Crippen LogP contribution in [-0.2, 0) is 0 Å². The van der Waals surface area contributed by atoms with Gasteiger partial charge in [0.25, 0.3) is 0 Å². The molecule has 0 bridgehead atoms. The smallest absolute Gasteiger partial charge is 0.0462 e. The van der Waals surface area contributed by atoms with E-state index in [1.54, 1.807) is 0 Å². The van der Waals surface area contributed by atoms with Crippen LogP contribution >= 0.6 is 0 Å². The summed E-state index contributed by atoms with van der Waals surface area (Å²) >= 11 is 0. The number of hydrogen-bond donors (Lipinski definition) is 1. The second-order valence-electron chi connectivity index (χ2n) is 18.2. The first-order valence-corrected chi connectivity index (χ1v) is 25.2. The average molecular weight is 947 g/mol. The predicted molar refractivity (Wildman–Crippen MR) is 316 cm³/mol. The summed E-state index contributed by atoms with van der Waals surface area (Å²) < 4.78 is 0. The highest BCUT2D eigenvalue weighted by molar-refractivity contribution is 5.97. The molecule has 0 aliphatic carbocycles. The van der Waals surface area contributed by atoms with E-state index in [0.29, 0.717) is 0 Å². The number of nitrogens with zero attached hydrogens (tertiary/aromatic N) is 1. The molecule has 0 radical (unpaired) electrons. The van der Waals surface area contributed by atoms with Gasteiger partial charge in [-0.25, -0.2) is 0 Å². The van der Waals surface area contributed by atoms with E-state index in [1.807, 2.05) is 12.3 Å². The molecule has 11 aromatic rings. The summed E-state index contributed by atoms with van der Waals surface area (Å²) in [5, 5.41) is 3.47. The first kappa shape index (κ1) is 46.6. The van der Waals surface area contributed by atoms with Gasteiger partial charge in [-0.1, -0.05) is 249 Å². The Morgan fingerprint density at radius 1 is 0.324 bits per heavy atom. The first-order valence-electron chi connectivity index (χ1n) is 25.2. The molecule has 0 heterocycles. The van der Waals surface area contributed by atoms with Crippen LogP contribution in [0.3, 0.4) is 0 Å². The van der Waals surface area contributed by atoms with Crippen molar-refractivity contribution in [1.82, 2.24) is 0 Å². The van der Waals surface area contributed by atoms with Crippen LogP contribution in [0.25, 0.3) is 78.4 Å². The maximum atomic E-state index is 3.47. The Kier molecular flexibility index (Phi) is 14.2. The highest BCUT2D eigenvalue weighted by atomic mass is 15.1. The van der Waals surface area contributed by atoms with E-state index >= 15 is 0 Å². The molecule has 0 fully saturated rings. The third-order valence-electron chi connectivity index (χ3n) is 13.4. The average Bonchev–Trinajstić information content (AvgIpc) is 3.49. The van der Waals surface area contributed by atoms with E-state index in [-0.39, 0.29) is 0 Å². The van der Waals surface area contributed by atoms with Crippen molar-refractivity contribution < 1.29 is 0 Å². The van der Waals surface area contributed by atoms with Crippen LogP contribution in [-0.4, -0.2) is 0 Å². The van der Waals surface area contributed by atoms with Crippen molar-refractivity contribution in [2.45, 2.75) is 0 Å². The second kappa shape index (κ2) is 22.5. The van der Waals surface area contributed by atoms with Gasteiger partial charge < -0.3 is 10.2 Å². The molecule has 2 heteroatoms. The Morgan fingerprint density at radius 2 is 0.662 bits per heavy atom. The Morgan fingerprint density at radius 3 is 1.07 bits per heavy atom. The summed E-state index contributed by atoms with van der Waals surface area (Å²) in [6, 6.07) is 104. The lowest BCUT2D eigenvalue weighted by Gasteiger charge is -2.26. The van der Waals surface area contributed by atoms with Gasteiger partial charge in [-0.2, -0.15) is 0 Å². The zero-order valence-corrected chi connectivity index (χ0v) is 41.0. The van der Waals surface area contributed by atoms with Gasteiger partial charge in [0, 0.05) is 28.9 Å². The summed E-state index contributed by atoms with van der Waals surface area (Å²) in [5.74, 6) is 0. The molecule has 0 saturated heterocycles. The number of rotatable bonds is 15. The van der Waals surface area contributed by atoms with Gasteiger partial charge in [0.2, 0.25) is 0 Å². The zero-order valence-electron chi connectivity index (χ0n) is 41.0. The van der Waals surface area contributed by atoms with Crippen molar-refractivity contribution in [3.05, 3.63) is 327 Å². The Labute approximate surface area is 435 Å². The Balaban J connectivity index is 0.960. The van der Waals surface area contributed by atoms with Crippen molar-refractivity contribution in [3.8, 4) is 66.8 Å². The van der Waals surface area contributed by atoms with E-state index in [4.69, 9.17) is 0 Å². The minimum absolute atomic E-state index is 1.03. The molecule has 11 aromatic carbocycles. The number of anilines is 4. The predicted octanol–water partition coefficient (Wildman–Crippen LogP) is 19.9. The minimum Gasteiger partial charge on any atom is -0.362 e. The molecule has 0 aliphatic heterocycles. The van der Waals surface area contributed by atoms with Gasteiger partial charge in [0.05, 0.1) is 0 Å². The van der Waals surface area contributed by atoms with Gasteiger partial charge in [-0.3, -0.25) is 0 Å². The first-order chi connectivity index (χ1) is 36.7. The van der Waals surface area contributed by atoms with Crippen molar-refractivity contribution in [2.24, 2.45) is 0 Å². The number of allylic oxidation sites excluding steroid dienone is 4. The van der Waals surface area contributed by atoms with E-state index in [0.717, 1.165) is 67.3 Å². The molecule has 1 N–H and O–H groups in total. The fraction of sp³-hybridized carbons (Fsp3) is 0. The topological polar surface area (TPSA) is 15.3 Å². The fourth-order valence-corrected chi connectivity index (χ4v) is 9.60. The largest absolute Gasteiger partial charge is 0.362 e. The van der Waals surface area contributed by atoms with Crippen LogP contribution in [0.15, 0.2) is 316 Å². The van der Waals surface area contributed by atoms with Crippen molar-refractivity contribution in [2.75, 3.05) is 10.2 Å². The maximum absolute atomic E-state index is 3.47. The van der Waals surface area contributed by atoms with Crippen molar-refractivity contribution in [1.29, 1.82) is 0 Å². The van der Waals surface area contributed by atoms with Gasteiger partial charge in [0.1, 0.15) is 0 Å². The lowest BCUT2D eigenvalue weighted by Crippen LogP contribution is -2.09. The van der Waals surface area contributed by atoms with Crippen LogP contribution in [0.5, 0.6) is 0 Å². The highest BCUT2D eigenvalue weighted by Crippen LogP contribution is 2.44. The van der Waals surface area contributed by atoms with Crippen LogP contribution in [0.1, 0.15) is 11.1 Å². The normalized spacial score (nSPS) is 11.5. The van der Waals surface area contributed by atoms with Crippen LogP contribution < -0.4 is 10.2 Å². The van der Waals surface area contributed by atoms with E-state index in [9.17, 15) is 0 Å². The standard InChI is InChI=1S/C72H54N2/c1-7-20-55(21-8-1)59(32-19-51-73-66-43-35-60(36-44-66)56-22-9-2-10-23-56)34-33-54-52-70(63-28-15-5-16-29-63)72(71(53-54)64-30-17-6-18-31-64)65-41-49-69(50-42-65)74(67-45-37-61(38-46-67)57-24-11-3-12-25-57)68-47-39-62(40-48-68)58-26-13-4-14-27-58/h1-53,73H/b34-33-,51-19+,59-32+. The van der Waals surface area contributed by atoms with Crippen molar-refractivity contribution >= 4 is 34.4 Å². The SMILES string of the molecule is C(=C/c1cc(-c2ccccc2)c(-c2ccc(N(c3ccc(-c4ccccc4)cc3)c3ccc(-c4ccccc4)cc3)cc2)c(-c2ccccc2)c1)/C(=C\C=C\Nc1ccc(-c2ccccc2)cc1)c1ccccc1. The van der Waals surface area contributed by atoms with Crippen LogP contribution in [0.2, 0.25) is 0 Å². The molecule has 74 heavy (non-hydrogen) atoms. The summed E-state index contributed by atoms with van der Waals surface area (Å²) in [7, 11) is 0. The van der Waals surface area contributed by atoms with Gasteiger partial charge >= 0.3 is 0 Å². The third kappa shape index (κ3) is 10.9. The lowest BCUT2D eigenvalue weighted by molar-refractivity contribution is 1.28. The van der Waals surface area contributed by atoms with E-state index < -0.39 is 0 Å². The van der Waals surface area contributed by atoms with Gasteiger partial charge in [-0.05, 0) is 150 Å². The molecule has 0 saturated carbocycles. The van der Waals surface area contributed by atoms with Crippen molar-refractivity contribution in [3.63, 3.8) is 0 Å². The Hall–Kier alpha value is -9.76.